The molecule has 2 N–H and O–H groups in total. The highest BCUT2D eigenvalue weighted by atomic mass is 32.2. The van der Waals surface area contributed by atoms with Gasteiger partial charge in [-0.25, -0.2) is 4.39 Å². The highest BCUT2D eigenvalue weighted by molar-refractivity contribution is 7.99. The number of carbonyl (C=O) groups is 2. The second kappa shape index (κ2) is 11.8. The number of anilines is 1. The van der Waals surface area contributed by atoms with Crippen LogP contribution in [-0.4, -0.2) is 38.9 Å². The van der Waals surface area contributed by atoms with Gasteiger partial charge in [0, 0.05) is 13.1 Å². The number of nitrogens with one attached hydrogen (secondary N) is 2. The molecule has 3 aromatic rings. The van der Waals surface area contributed by atoms with Crippen LogP contribution < -0.4 is 10.6 Å². The summed E-state index contributed by atoms with van der Waals surface area (Å²) in [6.45, 7) is 9.26. The van der Waals surface area contributed by atoms with Crippen molar-refractivity contribution < 1.29 is 14.0 Å². The van der Waals surface area contributed by atoms with Gasteiger partial charge in [-0.3, -0.25) is 9.59 Å². The maximum Gasteiger partial charge on any atom is 0.253 e. The minimum atomic E-state index is -0.374. The van der Waals surface area contributed by atoms with Crippen LogP contribution in [0.25, 0.3) is 11.4 Å². The van der Waals surface area contributed by atoms with Gasteiger partial charge in [-0.05, 0) is 36.1 Å². The van der Waals surface area contributed by atoms with Crippen LogP contribution in [0.5, 0.6) is 0 Å². The van der Waals surface area contributed by atoms with Crippen molar-refractivity contribution in [3.8, 4) is 11.4 Å². The summed E-state index contributed by atoms with van der Waals surface area (Å²) in [6.07, 6.45) is 0. The molecule has 0 saturated heterocycles. The van der Waals surface area contributed by atoms with Crippen LogP contribution in [0.2, 0.25) is 0 Å². The number of thioether (sulfide) groups is 1. The van der Waals surface area contributed by atoms with Gasteiger partial charge in [-0.2, -0.15) is 0 Å². The lowest BCUT2D eigenvalue weighted by atomic mass is 10.1. The lowest BCUT2D eigenvalue weighted by molar-refractivity contribution is -0.113. The summed E-state index contributed by atoms with van der Waals surface area (Å²) >= 11 is 1.22. The van der Waals surface area contributed by atoms with Crippen LogP contribution in [0.15, 0.2) is 53.7 Å². The smallest absolute Gasteiger partial charge is 0.253 e. The summed E-state index contributed by atoms with van der Waals surface area (Å²) in [7, 11) is 0. The van der Waals surface area contributed by atoms with Crippen molar-refractivity contribution in [1.82, 2.24) is 20.1 Å². The van der Waals surface area contributed by atoms with E-state index in [1.54, 1.807) is 42.5 Å². The summed E-state index contributed by atoms with van der Waals surface area (Å²) in [5.41, 5.74) is 1.23. The molecular weight excluding hydrogens is 453 g/mol. The molecule has 0 spiro atoms. The average Bonchev–Trinajstić information content (AvgIpc) is 3.18. The fourth-order valence-electron chi connectivity index (χ4n) is 3.27. The maximum atomic E-state index is 14.4. The zero-order valence-electron chi connectivity index (χ0n) is 19.8. The lowest BCUT2D eigenvalue weighted by Gasteiger charge is -2.14. The Kier molecular flexibility index (Phi) is 8.81. The third-order valence-electron chi connectivity index (χ3n) is 4.83. The first-order valence-electron chi connectivity index (χ1n) is 11.2. The number of rotatable bonds is 10. The van der Waals surface area contributed by atoms with Crippen LogP contribution in [0.3, 0.4) is 0 Å². The third-order valence-corrected chi connectivity index (χ3v) is 5.80. The van der Waals surface area contributed by atoms with Crippen LogP contribution >= 0.6 is 11.8 Å². The van der Waals surface area contributed by atoms with E-state index in [0.29, 0.717) is 46.8 Å². The lowest BCUT2D eigenvalue weighted by Crippen LogP contribution is -2.28. The summed E-state index contributed by atoms with van der Waals surface area (Å²) in [6, 6.07) is 13.3. The Morgan fingerprint density at radius 2 is 1.71 bits per heavy atom. The molecule has 0 fully saturated rings. The molecule has 9 heteroatoms. The van der Waals surface area contributed by atoms with E-state index in [1.165, 1.54) is 17.8 Å². The molecule has 0 atom stereocenters. The fraction of sp³-hybridized carbons (Fsp3) is 0.360. The van der Waals surface area contributed by atoms with Gasteiger partial charge >= 0.3 is 0 Å². The van der Waals surface area contributed by atoms with Crippen LogP contribution in [0, 0.1) is 17.7 Å². The molecule has 34 heavy (non-hydrogen) atoms. The van der Waals surface area contributed by atoms with E-state index >= 15 is 0 Å². The molecule has 1 heterocycles. The Bertz CT molecular complexity index is 1150. The van der Waals surface area contributed by atoms with E-state index in [2.05, 4.69) is 20.8 Å². The van der Waals surface area contributed by atoms with Gasteiger partial charge in [0.25, 0.3) is 5.91 Å². The molecule has 2 aromatic carbocycles. The first-order chi connectivity index (χ1) is 16.3. The van der Waals surface area contributed by atoms with Crippen LogP contribution in [0.1, 0.15) is 38.1 Å². The van der Waals surface area contributed by atoms with Gasteiger partial charge in [0.05, 0.1) is 22.6 Å². The van der Waals surface area contributed by atoms with E-state index in [0.717, 1.165) is 0 Å². The van der Waals surface area contributed by atoms with Gasteiger partial charge in [0.1, 0.15) is 5.82 Å². The molecule has 0 unspecified atom stereocenters. The number of halogens is 1. The second-order valence-corrected chi connectivity index (χ2v) is 9.72. The van der Waals surface area contributed by atoms with Crippen molar-refractivity contribution in [3.05, 3.63) is 59.9 Å². The summed E-state index contributed by atoms with van der Waals surface area (Å²) < 4.78 is 16.2. The predicted octanol–water partition coefficient (Wildman–Crippen LogP) is 4.86. The van der Waals surface area contributed by atoms with Crippen molar-refractivity contribution in [3.63, 3.8) is 0 Å². The molecule has 0 radical (unpaired) electrons. The van der Waals surface area contributed by atoms with E-state index in [1.807, 2.05) is 32.3 Å². The van der Waals surface area contributed by atoms with Crippen molar-refractivity contribution in [2.45, 2.75) is 39.4 Å². The summed E-state index contributed by atoms with van der Waals surface area (Å²) in [5.74, 6) is 0.202. The highest BCUT2D eigenvalue weighted by Crippen LogP contribution is 2.27. The van der Waals surface area contributed by atoms with Crippen molar-refractivity contribution >= 4 is 29.3 Å². The number of nitrogens with zero attached hydrogens (tertiary/aromatic N) is 3. The van der Waals surface area contributed by atoms with Crippen LogP contribution in [-0.2, 0) is 11.3 Å². The fourth-order valence-corrected chi connectivity index (χ4v) is 4.01. The zero-order valence-corrected chi connectivity index (χ0v) is 20.7. The molecule has 0 bridgehead atoms. The number of para-hydroxylation sites is 1. The number of benzene rings is 2. The second-order valence-electron chi connectivity index (χ2n) is 8.78. The maximum absolute atomic E-state index is 14.4. The first kappa shape index (κ1) is 25.4. The van der Waals surface area contributed by atoms with Gasteiger partial charge in [0.15, 0.2) is 11.0 Å². The molecule has 1 aromatic heterocycles. The van der Waals surface area contributed by atoms with Crippen molar-refractivity contribution in [1.29, 1.82) is 0 Å². The van der Waals surface area contributed by atoms with Crippen molar-refractivity contribution in [2.75, 3.05) is 17.6 Å². The van der Waals surface area contributed by atoms with E-state index in [-0.39, 0.29) is 29.3 Å². The minimum absolute atomic E-state index is 0.0649. The molecule has 7 nitrogen and oxygen atoms in total. The SMILES string of the molecule is CC(C)CNC(=O)c1ccccc1NC(=O)CSc1nnc(-c2ccccc2F)n1CC(C)C. The van der Waals surface area contributed by atoms with E-state index in [4.69, 9.17) is 0 Å². The number of aromatic nitrogens is 3. The Morgan fingerprint density at radius 1 is 1.00 bits per heavy atom. The monoisotopic (exact) mass is 483 g/mol. The standard InChI is InChI=1S/C25H30FN5O2S/c1-16(2)13-27-24(33)19-10-6-8-12-21(19)28-22(32)15-34-25-30-29-23(31(25)14-17(3)4)18-9-5-7-11-20(18)26/h5-12,16-17H,13-15H2,1-4H3,(H,27,33)(H,28,32). The quantitative estimate of drug-likeness (QED) is 0.402. The average molecular weight is 484 g/mol. The van der Waals surface area contributed by atoms with E-state index in [9.17, 15) is 14.0 Å². The van der Waals surface area contributed by atoms with Gasteiger partial charge in [-0.15, -0.1) is 10.2 Å². The Labute approximate surface area is 203 Å². The third kappa shape index (κ3) is 6.66. The molecule has 0 saturated carbocycles. The van der Waals surface area contributed by atoms with Gasteiger partial charge in [-0.1, -0.05) is 63.7 Å². The molecule has 0 aliphatic heterocycles. The largest absolute Gasteiger partial charge is 0.352 e. The molecule has 0 aliphatic carbocycles. The summed E-state index contributed by atoms with van der Waals surface area (Å²) in [5, 5.41) is 14.6. The first-order valence-corrected chi connectivity index (χ1v) is 12.2. The van der Waals surface area contributed by atoms with Crippen molar-refractivity contribution in [2.24, 2.45) is 11.8 Å². The molecule has 180 valence electrons. The number of hydrogen-bond donors (Lipinski definition) is 2. The Hall–Kier alpha value is -3.20. The van der Waals surface area contributed by atoms with E-state index < -0.39 is 0 Å². The van der Waals surface area contributed by atoms with Gasteiger partial charge < -0.3 is 15.2 Å². The minimum Gasteiger partial charge on any atom is -0.352 e. The Balaban J connectivity index is 1.72. The number of amides is 2. The Morgan fingerprint density at radius 3 is 2.41 bits per heavy atom. The normalized spacial score (nSPS) is 11.1. The van der Waals surface area contributed by atoms with Crippen LogP contribution in [0.4, 0.5) is 10.1 Å². The molecule has 2 amide bonds. The zero-order chi connectivity index (χ0) is 24.7. The highest BCUT2D eigenvalue weighted by Gasteiger charge is 2.19. The predicted molar refractivity (Wildman–Crippen MR) is 133 cm³/mol. The molecule has 0 aliphatic rings. The topological polar surface area (TPSA) is 88.9 Å². The number of carbonyl (C=O) groups excluding carboxylic acids is 2. The summed E-state index contributed by atoms with van der Waals surface area (Å²) in [4.78, 5) is 25.2. The molecular formula is C25H30FN5O2S. The van der Waals surface area contributed by atoms with Gasteiger partial charge in [0.2, 0.25) is 5.91 Å². The molecule has 3 rings (SSSR count). The number of hydrogen-bond acceptors (Lipinski definition) is 5.